The molecule has 5 heteroatoms. The zero-order valence-corrected chi connectivity index (χ0v) is 10.5. The number of carbonyl (C=O) groups excluding carboxylic acids is 1. The highest BCUT2D eigenvalue weighted by atomic mass is 16.3. The number of hydrogen-bond acceptors (Lipinski definition) is 4. The van der Waals surface area contributed by atoms with Crippen LogP contribution in [-0.2, 0) is 11.2 Å². The van der Waals surface area contributed by atoms with E-state index in [1.807, 2.05) is 6.92 Å². The topological polar surface area (TPSA) is 95.6 Å². The largest absolute Gasteiger partial charge is 0.508 e. The van der Waals surface area contributed by atoms with Gasteiger partial charge in [-0.1, -0.05) is 19.1 Å². The maximum atomic E-state index is 11.7. The fraction of sp³-hybridized carbons (Fsp3) is 0.462. The van der Waals surface area contributed by atoms with Gasteiger partial charge in [0.1, 0.15) is 5.75 Å². The van der Waals surface area contributed by atoms with Crippen LogP contribution in [0.1, 0.15) is 18.9 Å². The molecule has 1 amide bonds. The summed E-state index contributed by atoms with van der Waals surface area (Å²) in [5.74, 6) is -0.0907. The number of phenols is 1. The van der Waals surface area contributed by atoms with E-state index in [0.717, 1.165) is 5.56 Å². The number of aliphatic hydroxyl groups is 1. The van der Waals surface area contributed by atoms with E-state index in [-0.39, 0.29) is 24.3 Å². The van der Waals surface area contributed by atoms with Crippen LogP contribution in [-0.4, -0.2) is 34.8 Å². The summed E-state index contributed by atoms with van der Waals surface area (Å²) in [6.07, 6.45) is 1.06. The van der Waals surface area contributed by atoms with Crippen molar-refractivity contribution in [3.63, 3.8) is 0 Å². The van der Waals surface area contributed by atoms with Gasteiger partial charge < -0.3 is 21.3 Å². The first-order valence-electron chi connectivity index (χ1n) is 6.01. The van der Waals surface area contributed by atoms with Crippen molar-refractivity contribution in [3.05, 3.63) is 29.8 Å². The molecule has 0 spiro atoms. The van der Waals surface area contributed by atoms with Crippen molar-refractivity contribution in [1.29, 1.82) is 0 Å². The van der Waals surface area contributed by atoms with E-state index < -0.39 is 6.04 Å². The van der Waals surface area contributed by atoms with Crippen LogP contribution >= 0.6 is 0 Å². The van der Waals surface area contributed by atoms with Gasteiger partial charge in [-0.05, 0) is 30.5 Å². The maximum Gasteiger partial charge on any atom is 0.237 e. The minimum atomic E-state index is -0.657. The molecule has 0 fully saturated rings. The minimum Gasteiger partial charge on any atom is -0.508 e. The lowest BCUT2D eigenvalue weighted by molar-refractivity contribution is -0.123. The van der Waals surface area contributed by atoms with Crippen molar-refractivity contribution >= 4 is 5.91 Å². The Kier molecular flexibility index (Phi) is 5.61. The second kappa shape index (κ2) is 6.98. The molecule has 0 aliphatic rings. The smallest absolute Gasteiger partial charge is 0.237 e. The Morgan fingerprint density at radius 1 is 1.39 bits per heavy atom. The number of hydrogen-bond donors (Lipinski definition) is 4. The minimum absolute atomic E-state index is 0.0891. The molecule has 5 nitrogen and oxygen atoms in total. The molecule has 2 atom stereocenters. The molecule has 0 saturated heterocycles. The quantitative estimate of drug-likeness (QED) is 0.579. The van der Waals surface area contributed by atoms with Crippen LogP contribution in [0, 0.1) is 0 Å². The summed E-state index contributed by atoms with van der Waals surface area (Å²) in [7, 11) is 0. The summed E-state index contributed by atoms with van der Waals surface area (Å²) in [6.45, 7) is 1.79. The van der Waals surface area contributed by atoms with E-state index in [2.05, 4.69) is 5.32 Å². The molecule has 1 aromatic carbocycles. The Morgan fingerprint density at radius 3 is 2.50 bits per heavy atom. The third-order valence-electron chi connectivity index (χ3n) is 2.79. The molecule has 0 aromatic heterocycles. The molecular formula is C13H20N2O3. The number of nitrogens with one attached hydrogen (secondary N) is 1. The van der Waals surface area contributed by atoms with E-state index in [4.69, 9.17) is 15.9 Å². The van der Waals surface area contributed by atoms with Gasteiger partial charge in [0, 0.05) is 0 Å². The Labute approximate surface area is 107 Å². The number of rotatable bonds is 6. The van der Waals surface area contributed by atoms with Crippen molar-refractivity contribution in [3.8, 4) is 5.75 Å². The molecule has 0 unspecified atom stereocenters. The predicted octanol–water partition coefficient (Wildman–Crippen LogP) is 0.149. The molecule has 1 aromatic rings. The molecule has 5 N–H and O–H groups in total. The van der Waals surface area contributed by atoms with E-state index in [0.29, 0.717) is 12.8 Å². The van der Waals surface area contributed by atoms with Gasteiger partial charge in [0.2, 0.25) is 5.91 Å². The number of benzene rings is 1. The van der Waals surface area contributed by atoms with Crippen LogP contribution in [0.4, 0.5) is 0 Å². The third kappa shape index (κ3) is 4.35. The zero-order valence-electron chi connectivity index (χ0n) is 10.5. The van der Waals surface area contributed by atoms with Crippen molar-refractivity contribution in [2.24, 2.45) is 5.73 Å². The lowest BCUT2D eigenvalue weighted by atomic mass is 10.1. The van der Waals surface area contributed by atoms with Gasteiger partial charge in [0.15, 0.2) is 0 Å². The van der Waals surface area contributed by atoms with Crippen molar-refractivity contribution < 1.29 is 15.0 Å². The monoisotopic (exact) mass is 252 g/mol. The highest BCUT2D eigenvalue weighted by molar-refractivity contribution is 5.82. The molecule has 0 bridgehead atoms. The van der Waals surface area contributed by atoms with Gasteiger partial charge in [-0.25, -0.2) is 0 Å². The van der Waals surface area contributed by atoms with Crippen LogP contribution in [0.5, 0.6) is 5.75 Å². The van der Waals surface area contributed by atoms with Crippen LogP contribution in [0.3, 0.4) is 0 Å². The van der Waals surface area contributed by atoms with Crippen LogP contribution < -0.4 is 11.1 Å². The SMILES string of the molecule is CC[C@@H](CO)NC(=O)[C@@H](N)Cc1ccc(O)cc1. The summed E-state index contributed by atoms with van der Waals surface area (Å²) < 4.78 is 0. The standard InChI is InChI=1S/C13H20N2O3/c1-2-10(8-16)15-13(18)12(14)7-9-3-5-11(17)6-4-9/h3-6,10,12,16-17H,2,7-8,14H2,1H3,(H,15,18)/t10-,12-/m0/s1. The number of aliphatic hydroxyl groups excluding tert-OH is 1. The second-order valence-corrected chi connectivity index (χ2v) is 4.27. The fourth-order valence-corrected chi connectivity index (χ4v) is 1.56. The molecule has 1 rings (SSSR count). The average Bonchev–Trinajstić information content (AvgIpc) is 2.38. The number of nitrogens with two attached hydrogens (primary N) is 1. The molecule has 18 heavy (non-hydrogen) atoms. The third-order valence-corrected chi connectivity index (χ3v) is 2.79. The first kappa shape index (κ1) is 14.5. The van der Waals surface area contributed by atoms with Crippen LogP contribution in [0.2, 0.25) is 0 Å². The van der Waals surface area contributed by atoms with Crippen LogP contribution in [0.25, 0.3) is 0 Å². The van der Waals surface area contributed by atoms with Crippen LogP contribution in [0.15, 0.2) is 24.3 Å². The zero-order chi connectivity index (χ0) is 13.5. The van der Waals surface area contributed by atoms with E-state index in [1.54, 1.807) is 24.3 Å². The van der Waals surface area contributed by atoms with E-state index in [1.165, 1.54) is 0 Å². The van der Waals surface area contributed by atoms with Gasteiger partial charge in [-0.3, -0.25) is 4.79 Å². The molecular weight excluding hydrogens is 232 g/mol. The van der Waals surface area contributed by atoms with Gasteiger partial charge in [-0.2, -0.15) is 0 Å². The maximum absolute atomic E-state index is 11.7. The highest BCUT2D eigenvalue weighted by Gasteiger charge is 2.17. The predicted molar refractivity (Wildman–Crippen MR) is 69.1 cm³/mol. The first-order chi connectivity index (χ1) is 8.56. The van der Waals surface area contributed by atoms with Crippen molar-refractivity contribution in [2.45, 2.75) is 31.8 Å². The average molecular weight is 252 g/mol. The Morgan fingerprint density at radius 2 is 2.00 bits per heavy atom. The Balaban J connectivity index is 2.51. The summed E-state index contributed by atoms with van der Waals surface area (Å²) in [5, 5.41) is 20.8. The molecule has 0 heterocycles. The molecule has 0 radical (unpaired) electrons. The lowest BCUT2D eigenvalue weighted by Gasteiger charge is -2.17. The number of phenolic OH excluding ortho intramolecular Hbond substituents is 1. The molecule has 100 valence electrons. The second-order valence-electron chi connectivity index (χ2n) is 4.27. The van der Waals surface area contributed by atoms with Gasteiger partial charge in [0.25, 0.3) is 0 Å². The Bertz CT molecular complexity index is 374. The molecule has 0 aliphatic heterocycles. The summed E-state index contributed by atoms with van der Waals surface area (Å²) in [5.41, 5.74) is 6.67. The van der Waals surface area contributed by atoms with E-state index in [9.17, 15) is 4.79 Å². The number of carbonyl (C=O) groups is 1. The number of aromatic hydroxyl groups is 1. The highest BCUT2D eigenvalue weighted by Crippen LogP contribution is 2.10. The number of amides is 1. The Hall–Kier alpha value is -1.59. The summed E-state index contributed by atoms with van der Waals surface area (Å²) in [6, 6.07) is 5.67. The van der Waals surface area contributed by atoms with Gasteiger partial charge in [0.05, 0.1) is 18.7 Å². The van der Waals surface area contributed by atoms with Gasteiger partial charge in [-0.15, -0.1) is 0 Å². The normalized spacial score (nSPS) is 13.9. The van der Waals surface area contributed by atoms with E-state index >= 15 is 0 Å². The summed E-state index contributed by atoms with van der Waals surface area (Å²) >= 11 is 0. The fourth-order valence-electron chi connectivity index (χ4n) is 1.56. The van der Waals surface area contributed by atoms with Crippen molar-refractivity contribution in [2.75, 3.05) is 6.61 Å². The lowest BCUT2D eigenvalue weighted by Crippen LogP contribution is -2.47. The van der Waals surface area contributed by atoms with Gasteiger partial charge >= 0.3 is 0 Å². The summed E-state index contributed by atoms with van der Waals surface area (Å²) in [4.78, 5) is 11.7. The first-order valence-corrected chi connectivity index (χ1v) is 6.01. The molecule has 0 aliphatic carbocycles. The van der Waals surface area contributed by atoms with Crippen molar-refractivity contribution in [1.82, 2.24) is 5.32 Å². The molecule has 0 saturated carbocycles.